The summed E-state index contributed by atoms with van der Waals surface area (Å²) in [7, 11) is 0. The number of nitrogens with one attached hydrogen (secondary N) is 1. The number of nitro groups is 1. The van der Waals surface area contributed by atoms with Gasteiger partial charge in [0.15, 0.2) is 0 Å². The predicted octanol–water partition coefficient (Wildman–Crippen LogP) is 0.782. The summed E-state index contributed by atoms with van der Waals surface area (Å²) < 4.78 is 0. The van der Waals surface area contributed by atoms with E-state index in [0.717, 1.165) is 51.5 Å². The standard InChI is InChI=1S/C14H21N5O2/c1-11-13(19(20)21)2-3-14(16-11)18-7-4-12(10-18)17-8-5-15-6-9-17/h2-3,12,15H,4-10H2,1H3. The Labute approximate surface area is 124 Å². The lowest BCUT2D eigenvalue weighted by molar-refractivity contribution is -0.385. The van der Waals surface area contributed by atoms with Crippen LogP contribution in [-0.4, -0.2) is 60.1 Å². The van der Waals surface area contributed by atoms with Gasteiger partial charge >= 0.3 is 0 Å². The van der Waals surface area contributed by atoms with Crippen molar-refractivity contribution in [2.24, 2.45) is 0 Å². The van der Waals surface area contributed by atoms with Gasteiger partial charge in [0.25, 0.3) is 5.69 Å². The molecule has 0 aromatic carbocycles. The molecule has 0 amide bonds. The second-order valence-corrected chi connectivity index (χ2v) is 5.71. The van der Waals surface area contributed by atoms with Gasteiger partial charge in [0.05, 0.1) is 4.92 Å². The van der Waals surface area contributed by atoms with Gasteiger partial charge in [-0.05, 0) is 19.4 Å². The van der Waals surface area contributed by atoms with Crippen LogP contribution < -0.4 is 10.2 Å². The Morgan fingerprint density at radius 2 is 2.10 bits per heavy atom. The fraction of sp³-hybridized carbons (Fsp3) is 0.643. The van der Waals surface area contributed by atoms with Crippen LogP contribution in [0.4, 0.5) is 11.5 Å². The molecule has 0 bridgehead atoms. The van der Waals surface area contributed by atoms with Gasteiger partial charge in [0.1, 0.15) is 11.5 Å². The zero-order valence-electron chi connectivity index (χ0n) is 12.3. The van der Waals surface area contributed by atoms with Crippen molar-refractivity contribution in [1.29, 1.82) is 0 Å². The summed E-state index contributed by atoms with van der Waals surface area (Å²) in [6.45, 7) is 7.96. The first-order valence-electron chi connectivity index (χ1n) is 7.47. The molecule has 2 fully saturated rings. The Hall–Kier alpha value is -1.73. The molecule has 0 spiro atoms. The number of nitrogens with zero attached hydrogens (tertiary/aromatic N) is 4. The molecule has 114 valence electrons. The first-order valence-corrected chi connectivity index (χ1v) is 7.47. The molecule has 2 aliphatic rings. The van der Waals surface area contributed by atoms with Gasteiger partial charge in [0.2, 0.25) is 0 Å². The monoisotopic (exact) mass is 291 g/mol. The van der Waals surface area contributed by atoms with E-state index in [4.69, 9.17) is 0 Å². The van der Waals surface area contributed by atoms with Crippen molar-refractivity contribution in [1.82, 2.24) is 15.2 Å². The maximum absolute atomic E-state index is 10.9. The van der Waals surface area contributed by atoms with Crippen molar-refractivity contribution in [3.8, 4) is 0 Å². The SMILES string of the molecule is Cc1nc(N2CCC(N3CCNCC3)C2)ccc1[N+](=O)[O-]. The van der Waals surface area contributed by atoms with Crippen LogP contribution >= 0.6 is 0 Å². The number of hydrogen-bond acceptors (Lipinski definition) is 6. The van der Waals surface area contributed by atoms with Crippen molar-refractivity contribution in [2.75, 3.05) is 44.2 Å². The highest BCUT2D eigenvalue weighted by Gasteiger charge is 2.29. The quantitative estimate of drug-likeness (QED) is 0.655. The maximum atomic E-state index is 10.9. The second kappa shape index (κ2) is 5.95. The summed E-state index contributed by atoms with van der Waals surface area (Å²) in [5.41, 5.74) is 0.583. The van der Waals surface area contributed by atoms with Gasteiger partial charge in [-0.25, -0.2) is 4.98 Å². The fourth-order valence-electron chi connectivity index (χ4n) is 3.20. The summed E-state index contributed by atoms with van der Waals surface area (Å²) in [4.78, 5) is 19.7. The normalized spacial score (nSPS) is 23.5. The maximum Gasteiger partial charge on any atom is 0.290 e. The van der Waals surface area contributed by atoms with Gasteiger partial charge in [0, 0.05) is 51.4 Å². The van der Waals surface area contributed by atoms with E-state index in [1.165, 1.54) is 0 Å². The van der Waals surface area contributed by atoms with E-state index in [1.54, 1.807) is 19.1 Å². The van der Waals surface area contributed by atoms with E-state index in [1.807, 2.05) is 0 Å². The number of anilines is 1. The van der Waals surface area contributed by atoms with Crippen molar-refractivity contribution >= 4 is 11.5 Å². The molecule has 3 heterocycles. The van der Waals surface area contributed by atoms with Crippen LogP contribution in [-0.2, 0) is 0 Å². The highest BCUT2D eigenvalue weighted by atomic mass is 16.6. The summed E-state index contributed by atoms with van der Waals surface area (Å²) in [6, 6.07) is 3.91. The molecule has 0 aliphatic carbocycles. The summed E-state index contributed by atoms with van der Waals surface area (Å²) in [6.07, 6.45) is 1.14. The minimum atomic E-state index is -0.375. The van der Waals surface area contributed by atoms with Crippen LogP contribution in [0, 0.1) is 17.0 Å². The molecule has 3 rings (SSSR count). The number of piperazine rings is 1. The lowest BCUT2D eigenvalue weighted by Gasteiger charge is -2.32. The molecule has 2 aliphatic heterocycles. The average Bonchev–Trinajstić information content (AvgIpc) is 2.97. The molecule has 21 heavy (non-hydrogen) atoms. The average molecular weight is 291 g/mol. The van der Waals surface area contributed by atoms with E-state index in [9.17, 15) is 10.1 Å². The summed E-state index contributed by atoms with van der Waals surface area (Å²) >= 11 is 0. The smallest absolute Gasteiger partial charge is 0.290 e. The second-order valence-electron chi connectivity index (χ2n) is 5.71. The zero-order valence-corrected chi connectivity index (χ0v) is 12.3. The van der Waals surface area contributed by atoms with Gasteiger partial charge in [-0.1, -0.05) is 0 Å². The first-order chi connectivity index (χ1) is 10.1. The Kier molecular flexibility index (Phi) is 4.03. The Balaban J connectivity index is 1.68. The Morgan fingerprint density at radius 3 is 2.76 bits per heavy atom. The topological polar surface area (TPSA) is 74.5 Å². The Bertz CT molecular complexity index is 530. The van der Waals surface area contributed by atoms with Crippen LogP contribution in [0.25, 0.3) is 0 Å². The van der Waals surface area contributed by atoms with Crippen LogP contribution in [0.15, 0.2) is 12.1 Å². The van der Waals surface area contributed by atoms with Crippen LogP contribution in [0.3, 0.4) is 0 Å². The minimum Gasteiger partial charge on any atom is -0.355 e. The first kappa shape index (κ1) is 14.2. The molecule has 1 N–H and O–H groups in total. The van der Waals surface area contributed by atoms with E-state index in [2.05, 4.69) is 20.1 Å². The molecule has 1 aromatic rings. The van der Waals surface area contributed by atoms with Gasteiger partial charge in [-0.2, -0.15) is 0 Å². The number of rotatable bonds is 3. The molecule has 0 radical (unpaired) electrons. The number of hydrogen-bond donors (Lipinski definition) is 1. The molecular weight excluding hydrogens is 270 g/mol. The van der Waals surface area contributed by atoms with E-state index < -0.39 is 0 Å². The van der Waals surface area contributed by atoms with Gasteiger partial charge in [-0.3, -0.25) is 15.0 Å². The van der Waals surface area contributed by atoms with Crippen molar-refractivity contribution in [2.45, 2.75) is 19.4 Å². The van der Waals surface area contributed by atoms with E-state index >= 15 is 0 Å². The number of pyridine rings is 1. The molecule has 1 atom stereocenters. The highest BCUT2D eigenvalue weighted by molar-refractivity contribution is 5.47. The lowest BCUT2D eigenvalue weighted by Crippen LogP contribution is -2.49. The van der Waals surface area contributed by atoms with Crippen LogP contribution in [0.1, 0.15) is 12.1 Å². The van der Waals surface area contributed by atoms with Crippen molar-refractivity contribution in [3.05, 3.63) is 27.9 Å². The highest BCUT2D eigenvalue weighted by Crippen LogP contribution is 2.25. The molecule has 0 saturated carbocycles. The predicted molar refractivity (Wildman–Crippen MR) is 80.7 cm³/mol. The van der Waals surface area contributed by atoms with Crippen LogP contribution in [0.5, 0.6) is 0 Å². The molecule has 1 aromatic heterocycles. The van der Waals surface area contributed by atoms with E-state index in [-0.39, 0.29) is 10.6 Å². The largest absolute Gasteiger partial charge is 0.355 e. The zero-order chi connectivity index (χ0) is 14.8. The van der Waals surface area contributed by atoms with Crippen molar-refractivity contribution < 1.29 is 4.92 Å². The third-order valence-electron chi connectivity index (χ3n) is 4.40. The fourth-order valence-corrected chi connectivity index (χ4v) is 3.20. The number of aryl methyl sites for hydroxylation is 1. The summed E-state index contributed by atoms with van der Waals surface area (Å²) in [5.74, 6) is 0.857. The van der Waals surface area contributed by atoms with Gasteiger partial charge < -0.3 is 10.2 Å². The molecular formula is C14H21N5O2. The summed E-state index contributed by atoms with van der Waals surface area (Å²) in [5, 5.41) is 14.2. The third kappa shape index (κ3) is 2.98. The lowest BCUT2D eigenvalue weighted by atomic mass is 10.2. The molecule has 1 unspecified atom stereocenters. The Morgan fingerprint density at radius 1 is 1.33 bits per heavy atom. The minimum absolute atomic E-state index is 0.0941. The van der Waals surface area contributed by atoms with Crippen molar-refractivity contribution in [3.63, 3.8) is 0 Å². The third-order valence-corrected chi connectivity index (χ3v) is 4.40. The molecule has 7 heteroatoms. The number of aromatic nitrogens is 1. The molecule has 7 nitrogen and oxygen atoms in total. The van der Waals surface area contributed by atoms with Crippen LogP contribution in [0.2, 0.25) is 0 Å². The molecule has 2 saturated heterocycles. The van der Waals surface area contributed by atoms with Gasteiger partial charge in [-0.15, -0.1) is 0 Å². The van der Waals surface area contributed by atoms with E-state index in [0.29, 0.717) is 11.7 Å².